The highest BCUT2D eigenvalue weighted by Gasteiger charge is 2.13. The van der Waals surface area contributed by atoms with Gasteiger partial charge < -0.3 is 10.0 Å². The van der Waals surface area contributed by atoms with E-state index in [4.69, 9.17) is 0 Å². The Morgan fingerprint density at radius 2 is 1.95 bits per heavy atom. The molecule has 0 atom stereocenters. The predicted octanol–water partition coefficient (Wildman–Crippen LogP) is 3.51. The van der Waals surface area contributed by atoms with Crippen molar-refractivity contribution in [1.29, 1.82) is 0 Å². The summed E-state index contributed by atoms with van der Waals surface area (Å²) in [6, 6.07) is 13.3. The van der Waals surface area contributed by atoms with E-state index in [-0.39, 0.29) is 17.5 Å². The quantitative estimate of drug-likeness (QED) is 0.887. The van der Waals surface area contributed by atoms with Gasteiger partial charge in [0, 0.05) is 19.5 Å². The molecule has 0 saturated heterocycles. The number of phenolic OH excluding ortho intramolecular Hbond substituents is 1. The molecule has 1 N–H and O–H groups in total. The Kier molecular flexibility index (Phi) is 5.53. The Bertz CT molecular complexity index is 642. The van der Waals surface area contributed by atoms with Crippen LogP contribution in [0.5, 0.6) is 5.75 Å². The van der Waals surface area contributed by atoms with E-state index >= 15 is 0 Å². The fraction of sp³-hybridized carbons (Fsp3) is 0.278. The van der Waals surface area contributed by atoms with Crippen molar-refractivity contribution in [2.75, 3.05) is 6.54 Å². The summed E-state index contributed by atoms with van der Waals surface area (Å²) in [4.78, 5) is 14.0. The maximum Gasteiger partial charge on any atom is 0.223 e. The number of rotatable bonds is 6. The fourth-order valence-electron chi connectivity index (χ4n) is 2.35. The molecule has 2 aromatic carbocycles. The third kappa shape index (κ3) is 4.32. The van der Waals surface area contributed by atoms with E-state index in [1.165, 1.54) is 12.1 Å². The van der Waals surface area contributed by atoms with E-state index in [1.54, 1.807) is 23.1 Å². The van der Waals surface area contributed by atoms with Crippen LogP contribution in [0.4, 0.5) is 4.39 Å². The topological polar surface area (TPSA) is 40.5 Å². The second kappa shape index (κ2) is 7.59. The molecule has 0 saturated carbocycles. The minimum absolute atomic E-state index is 0.00462. The van der Waals surface area contributed by atoms with E-state index < -0.39 is 0 Å². The summed E-state index contributed by atoms with van der Waals surface area (Å²) in [5, 5.41) is 9.72. The van der Waals surface area contributed by atoms with Crippen molar-refractivity contribution in [3.63, 3.8) is 0 Å². The lowest BCUT2D eigenvalue weighted by Gasteiger charge is -2.21. The van der Waals surface area contributed by atoms with Crippen molar-refractivity contribution in [2.24, 2.45) is 0 Å². The van der Waals surface area contributed by atoms with E-state index in [2.05, 4.69) is 0 Å². The molecule has 2 rings (SSSR count). The first-order valence-electron chi connectivity index (χ1n) is 7.39. The molecule has 2 aromatic rings. The summed E-state index contributed by atoms with van der Waals surface area (Å²) >= 11 is 0. The fourth-order valence-corrected chi connectivity index (χ4v) is 2.35. The number of hydrogen-bond acceptors (Lipinski definition) is 2. The lowest BCUT2D eigenvalue weighted by molar-refractivity contribution is -0.131. The van der Waals surface area contributed by atoms with Crippen molar-refractivity contribution in [2.45, 2.75) is 26.3 Å². The molecule has 0 spiro atoms. The van der Waals surface area contributed by atoms with Crippen LogP contribution in [0, 0.1) is 5.82 Å². The zero-order valence-corrected chi connectivity index (χ0v) is 12.6. The molecule has 4 heteroatoms. The average Bonchev–Trinajstić information content (AvgIpc) is 2.51. The number of carbonyl (C=O) groups is 1. The molecule has 3 nitrogen and oxygen atoms in total. The Morgan fingerprint density at radius 1 is 1.18 bits per heavy atom. The van der Waals surface area contributed by atoms with Gasteiger partial charge in [-0.2, -0.15) is 0 Å². The number of halogens is 1. The second-order valence-corrected chi connectivity index (χ2v) is 5.17. The number of aryl methyl sites for hydroxylation is 1. The molecule has 0 aliphatic carbocycles. The first kappa shape index (κ1) is 16.0. The van der Waals surface area contributed by atoms with Gasteiger partial charge in [-0.15, -0.1) is 0 Å². The van der Waals surface area contributed by atoms with Crippen molar-refractivity contribution >= 4 is 5.91 Å². The van der Waals surface area contributed by atoms with Crippen LogP contribution in [0.2, 0.25) is 0 Å². The Morgan fingerprint density at radius 3 is 2.64 bits per heavy atom. The molecule has 22 heavy (non-hydrogen) atoms. The van der Waals surface area contributed by atoms with Crippen LogP contribution >= 0.6 is 0 Å². The molecular formula is C18H20FNO2. The van der Waals surface area contributed by atoms with Gasteiger partial charge in [0.2, 0.25) is 5.91 Å². The molecule has 0 radical (unpaired) electrons. The summed E-state index contributed by atoms with van der Waals surface area (Å²) < 4.78 is 13.2. The van der Waals surface area contributed by atoms with E-state index in [0.717, 1.165) is 11.1 Å². The highest BCUT2D eigenvalue weighted by atomic mass is 19.1. The minimum Gasteiger partial charge on any atom is -0.508 e. The molecule has 1 amide bonds. The van der Waals surface area contributed by atoms with Gasteiger partial charge in [-0.3, -0.25) is 4.79 Å². The molecule has 0 fully saturated rings. The second-order valence-electron chi connectivity index (χ2n) is 5.17. The van der Waals surface area contributed by atoms with Crippen LogP contribution in [0.1, 0.15) is 24.5 Å². The minimum atomic E-state index is -0.296. The van der Waals surface area contributed by atoms with Crippen LogP contribution in [-0.2, 0) is 17.8 Å². The summed E-state index contributed by atoms with van der Waals surface area (Å²) in [6.45, 7) is 2.86. The van der Waals surface area contributed by atoms with Crippen molar-refractivity contribution < 1.29 is 14.3 Å². The standard InChI is InChI=1S/C18H20FNO2/c1-2-20(13-14-6-5-8-16(19)12-14)18(22)11-10-15-7-3-4-9-17(15)21/h3-9,12,21H,2,10-11,13H2,1H3. The SMILES string of the molecule is CCN(Cc1cccc(F)c1)C(=O)CCc1ccccc1O. The molecular weight excluding hydrogens is 281 g/mol. The number of amides is 1. The third-order valence-corrected chi connectivity index (χ3v) is 3.60. The van der Waals surface area contributed by atoms with Gasteiger partial charge in [0.25, 0.3) is 0 Å². The van der Waals surface area contributed by atoms with Crippen LogP contribution < -0.4 is 0 Å². The number of para-hydroxylation sites is 1. The predicted molar refractivity (Wildman–Crippen MR) is 83.9 cm³/mol. The maximum atomic E-state index is 13.2. The normalized spacial score (nSPS) is 10.5. The Labute approximate surface area is 130 Å². The Hall–Kier alpha value is -2.36. The number of nitrogens with zero attached hydrogens (tertiary/aromatic N) is 1. The van der Waals surface area contributed by atoms with Gasteiger partial charge in [-0.25, -0.2) is 4.39 Å². The highest BCUT2D eigenvalue weighted by Crippen LogP contribution is 2.18. The first-order chi connectivity index (χ1) is 10.6. The Balaban J connectivity index is 1.96. The highest BCUT2D eigenvalue weighted by molar-refractivity contribution is 5.76. The molecule has 0 bridgehead atoms. The zero-order valence-electron chi connectivity index (χ0n) is 12.6. The third-order valence-electron chi connectivity index (χ3n) is 3.60. The first-order valence-corrected chi connectivity index (χ1v) is 7.39. The van der Waals surface area contributed by atoms with Gasteiger partial charge >= 0.3 is 0 Å². The van der Waals surface area contributed by atoms with Crippen LogP contribution in [-0.4, -0.2) is 22.5 Å². The lowest BCUT2D eigenvalue weighted by atomic mass is 10.1. The van der Waals surface area contributed by atoms with Crippen LogP contribution in [0.25, 0.3) is 0 Å². The molecule has 116 valence electrons. The number of aromatic hydroxyl groups is 1. The molecule has 0 aromatic heterocycles. The summed E-state index contributed by atoms with van der Waals surface area (Å²) in [5.41, 5.74) is 1.54. The van der Waals surface area contributed by atoms with Gasteiger partial charge in [0.05, 0.1) is 0 Å². The number of hydrogen-bond donors (Lipinski definition) is 1. The molecule has 0 heterocycles. The largest absolute Gasteiger partial charge is 0.508 e. The number of phenols is 1. The number of benzene rings is 2. The average molecular weight is 301 g/mol. The maximum absolute atomic E-state index is 13.2. The van der Waals surface area contributed by atoms with E-state index in [1.807, 2.05) is 25.1 Å². The van der Waals surface area contributed by atoms with E-state index in [0.29, 0.717) is 25.9 Å². The van der Waals surface area contributed by atoms with Crippen LogP contribution in [0.3, 0.4) is 0 Å². The molecule has 0 unspecified atom stereocenters. The van der Waals surface area contributed by atoms with Gasteiger partial charge in [-0.05, 0) is 42.7 Å². The van der Waals surface area contributed by atoms with Gasteiger partial charge in [-0.1, -0.05) is 30.3 Å². The van der Waals surface area contributed by atoms with Gasteiger partial charge in [0.15, 0.2) is 0 Å². The summed E-state index contributed by atoms with van der Waals surface area (Å²) in [6.07, 6.45) is 0.811. The van der Waals surface area contributed by atoms with Crippen molar-refractivity contribution in [3.05, 3.63) is 65.5 Å². The smallest absolute Gasteiger partial charge is 0.223 e. The summed E-state index contributed by atoms with van der Waals surface area (Å²) in [7, 11) is 0. The van der Waals surface area contributed by atoms with Crippen LogP contribution in [0.15, 0.2) is 48.5 Å². The molecule has 0 aliphatic rings. The number of carbonyl (C=O) groups excluding carboxylic acids is 1. The molecule has 0 aliphatic heterocycles. The van der Waals surface area contributed by atoms with Gasteiger partial charge in [0.1, 0.15) is 11.6 Å². The zero-order chi connectivity index (χ0) is 15.9. The monoisotopic (exact) mass is 301 g/mol. The van der Waals surface area contributed by atoms with E-state index in [9.17, 15) is 14.3 Å². The summed E-state index contributed by atoms with van der Waals surface area (Å²) in [5.74, 6) is -0.0892. The lowest BCUT2D eigenvalue weighted by Crippen LogP contribution is -2.30. The van der Waals surface area contributed by atoms with Crippen molar-refractivity contribution in [1.82, 2.24) is 4.90 Å². The van der Waals surface area contributed by atoms with Crippen molar-refractivity contribution in [3.8, 4) is 5.75 Å².